The summed E-state index contributed by atoms with van der Waals surface area (Å²) >= 11 is 0. The molecule has 0 bridgehead atoms. The van der Waals surface area contributed by atoms with Crippen LogP contribution in [0.1, 0.15) is 24.2 Å². The van der Waals surface area contributed by atoms with Crippen LogP contribution in [0.3, 0.4) is 0 Å². The summed E-state index contributed by atoms with van der Waals surface area (Å²) < 4.78 is 39.7. The van der Waals surface area contributed by atoms with Gasteiger partial charge in [0.25, 0.3) is 0 Å². The van der Waals surface area contributed by atoms with Crippen molar-refractivity contribution in [2.24, 2.45) is 0 Å². The lowest BCUT2D eigenvalue weighted by Gasteiger charge is -2.17. The molecule has 0 spiro atoms. The molecule has 0 N–H and O–H groups in total. The second-order valence-electron chi connectivity index (χ2n) is 6.54. The Bertz CT molecular complexity index is 1160. The van der Waals surface area contributed by atoms with Gasteiger partial charge in [-0.15, -0.1) is 0 Å². The SMILES string of the molecule is C=C/C(=C/C(=CC)Cn1cc(C(=O)OC)c(=O)c2cc(F)c(F)c(OC)c21)C(=C)C. The molecule has 0 amide bonds. The number of allylic oxidation sites excluding steroid dienone is 6. The molecule has 158 valence electrons. The number of aromatic nitrogens is 1. The predicted molar refractivity (Wildman–Crippen MR) is 113 cm³/mol. The van der Waals surface area contributed by atoms with Gasteiger partial charge in [0, 0.05) is 12.7 Å². The lowest BCUT2D eigenvalue weighted by molar-refractivity contribution is 0.0598. The number of carbonyl (C=O) groups excluding carboxylic acids is 1. The number of hydrogen-bond donors (Lipinski definition) is 0. The van der Waals surface area contributed by atoms with Gasteiger partial charge in [0.05, 0.1) is 25.1 Å². The van der Waals surface area contributed by atoms with Crippen LogP contribution in [-0.4, -0.2) is 24.8 Å². The molecule has 5 nitrogen and oxygen atoms in total. The summed E-state index contributed by atoms with van der Waals surface area (Å²) in [6, 6.07) is 0.757. The molecule has 0 unspecified atom stereocenters. The van der Waals surface area contributed by atoms with Gasteiger partial charge in [-0.05, 0) is 31.1 Å². The first-order chi connectivity index (χ1) is 14.2. The van der Waals surface area contributed by atoms with Crippen molar-refractivity contribution in [2.75, 3.05) is 14.2 Å². The van der Waals surface area contributed by atoms with E-state index in [-0.39, 0.29) is 23.0 Å². The van der Waals surface area contributed by atoms with Crippen molar-refractivity contribution in [3.05, 3.63) is 87.8 Å². The highest BCUT2D eigenvalue weighted by atomic mass is 19.2. The zero-order chi connectivity index (χ0) is 22.6. The Balaban J connectivity index is 2.89. The lowest BCUT2D eigenvalue weighted by atomic mass is 10.0. The van der Waals surface area contributed by atoms with E-state index in [9.17, 15) is 18.4 Å². The Morgan fingerprint density at radius 1 is 1.30 bits per heavy atom. The Morgan fingerprint density at radius 2 is 1.97 bits per heavy atom. The molecule has 30 heavy (non-hydrogen) atoms. The van der Waals surface area contributed by atoms with Gasteiger partial charge in [-0.3, -0.25) is 4.79 Å². The van der Waals surface area contributed by atoms with Crippen LogP contribution in [0.15, 0.2) is 65.2 Å². The number of rotatable bonds is 7. The number of methoxy groups -OCH3 is 2. The molecular formula is C23H23F2NO4. The highest BCUT2D eigenvalue weighted by Gasteiger charge is 2.23. The van der Waals surface area contributed by atoms with Gasteiger partial charge in [-0.25, -0.2) is 9.18 Å². The maximum Gasteiger partial charge on any atom is 0.343 e. The zero-order valence-corrected chi connectivity index (χ0v) is 17.3. The molecule has 0 aliphatic rings. The number of ether oxygens (including phenoxy) is 2. The van der Waals surface area contributed by atoms with Gasteiger partial charge in [0.1, 0.15) is 5.56 Å². The van der Waals surface area contributed by atoms with Crippen molar-refractivity contribution in [1.29, 1.82) is 0 Å². The van der Waals surface area contributed by atoms with Crippen molar-refractivity contribution in [2.45, 2.75) is 20.4 Å². The molecule has 1 aromatic carbocycles. The van der Waals surface area contributed by atoms with Crippen LogP contribution in [0.25, 0.3) is 10.9 Å². The quantitative estimate of drug-likeness (QED) is 0.486. The predicted octanol–water partition coefficient (Wildman–Crippen LogP) is 4.71. The molecule has 2 rings (SSSR count). The summed E-state index contributed by atoms with van der Waals surface area (Å²) in [7, 11) is 2.30. The number of fused-ring (bicyclic) bond motifs is 1. The van der Waals surface area contributed by atoms with Crippen LogP contribution in [0.5, 0.6) is 5.75 Å². The second kappa shape index (κ2) is 9.35. The molecule has 1 aromatic heterocycles. The van der Waals surface area contributed by atoms with Crippen LogP contribution in [0.4, 0.5) is 8.78 Å². The summed E-state index contributed by atoms with van der Waals surface area (Å²) in [6.07, 6.45) is 6.52. The molecule has 1 heterocycles. The van der Waals surface area contributed by atoms with Gasteiger partial charge < -0.3 is 14.0 Å². The van der Waals surface area contributed by atoms with Gasteiger partial charge in [0.2, 0.25) is 11.2 Å². The number of hydrogen-bond acceptors (Lipinski definition) is 4. The van der Waals surface area contributed by atoms with Crippen molar-refractivity contribution >= 4 is 16.9 Å². The number of esters is 1. The fourth-order valence-electron chi connectivity index (χ4n) is 3.01. The van der Waals surface area contributed by atoms with Crippen LogP contribution in [-0.2, 0) is 11.3 Å². The van der Waals surface area contributed by atoms with E-state index in [1.54, 1.807) is 19.1 Å². The summed E-state index contributed by atoms with van der Waals surface area (Å²) in [6.45, 7) is 11.4. The van der Waals surface area contributed by atoms with E-state index >= 15 is 0 Å². The molecular weight excluding hydrogens is 392 g/mol. The minimum Gasteiger partial charge on any atom is -0.491 e. The Hall–Kier alpha value is -3.48. The summed E-state index contributed by atoms with van der Waals surface area (Å²) in [5, 5.41) is -0.197. The first-order valence-electron chi connectivity index (χ1n) is 9.02. The fraction of sp³-hybridized carbons (Fsp3) is 0.217. The molecule has 0 radical (unpaired) electrons. The van der Waals surface area contributed by atoms with Gasteiger partial charge >= 0.3 is 5.97 Å². The minimum absolute atomic E-state index is 0.0253. The van der Waals surface area contributed by atoms with Crippen molar-refractivity contribution < 1.29 is 23.0 Å². The number of halogens is 2. The van der Waals surface area contributed by atoms with Crippen molar-refractivity contribution in [3.8, 4) is 5.75 Å². The average molecular weight is 415 g/mol. The third kappa shape index (κ3) is 4.25. The van der Waals surface area contributed by atoms with Crippen molar-refractivity contribution in [3.63, 3.8) is 0 Å². The van der Waals surface area contributed by atoms with Gasteiger partial charge in [0.15, 0.2) is 11.6 Å². The normalized spacial score (nSPS) is 12.1. The summed E-state index contributed by atoms with van der Waals surface area (Å²) in [5.74, 6) is -3.80. The minimum atomic E-state index is -1.26. The second-order valence-corrected chi connectivity index (χ2v) is 6.54. The van der Waals surface area contributed by atoms with E-state index < -0.39 is 28.8 Å². The van der Waals surface area contributed by atoms with E-state index in [4.69, 9.17) is 4.74 Å². The Morgan fingerprint density at radius 3 is 2.47 bits per heavy atom. The van der Waals surface area contributed by atoms with Gasteiger partial charge in [-0.2, -0.15) is 4.39 Å². The highest BCUT2D eigenvalue weighted by molar-refractivity contribution is 5.95. The average Bonchev–Trinajstić information content (AvgIpc) is 2.73. The van der Waals surface area contributed by atoms with E-state index in [0.29, 0.717) is 0 Å². The van der Waals surface area contributed by atoms with E-state index in [1.165, 1.54) is 17.9 Å². The van der Waals surface area contributed by atoms with Crippen LogP contribution < -0.4 is 10.2 Å². The Labute approximate surface area is 173 Å². The number of carbonyl (C=O) groups is 1. The molecule has 0 aliphatic carbocycles. The summed E-state index contributed by atoms with van der Waals surface area (Å²) in [4.78, 5) is 24.9. The van der Waals surface area contributed by atoms with Crippen LogP contribution >= 0.6 is 0 Å². The number of benzene rings is 1. The van der Waals surface area contributed by atoms with E-state index in [1.807, 2.05) is 13.0 Å². The molecule has 7 heteroatoms. The van der Waals surface area contributed by atoms with E-state index in [0.717, 1.165) is 29.9 Å². The third-order valence-corrected chi connectivity index (χ3v) is 4.60. The molecule has 0 atom stereocenters. The smallest absolute Gasteiger partial charge is 0.343 e. The highest BCUT2D eigenvalue weighted by Crippen LogP contribution is 2.30. The summed E-state index contributed by atoms with van der Waals surface area (Å²) in [5.41, 5.74) is 1.26. The number of nitrogens with zero attached hydrogens (tertiary/aromatic N) is 1. The van der Waals surface area contributed by atoms with Crippen LogP contribution in [0, 0.1) is 11.6 Å². The zero-order valence-electron chi connectivity index (χ0n) is 17.3. The fourth-order valence-corrected chi connectivity index (χ4v) is 3.01. The first kappa shape index (κ1) is 22.8. The maximum atomic E-state index is 14.4. The largest absolute Gasteiger partial charge is 0.491 e. The third-order valence-electron chi connectivity index (χ3n) is 4.60. The lowest BCUT2D eigenvalue weighted by Crippen LogP contribution is -2.21. The maximum absolute atomic E-state index is 14.4. The first-order valence-corrected chi connectivity index (χ1v) is 9.02. The Kier molecular flexibility index (Phi) is 7.10. The molecule has 0 aliphatic heterocycles. The van der Waals surface area contributed by atoms with E-state index in [2.05, 4.69) is 17.9 Å². The van der Waals surface area contributed by atoms with Gasteiger partial charge in [-0.1, -0.05) is 37.0 Å². The topological polar surface area (TPSA) is 57.5 Å². The molecule has 0 fully saturated rings. The number of pyridine rings is 1. The van der Waals surface area contributed by atoms with Crippen molar-refractivity contribution in [1.82, 2.24) is 4.57 Å². The molecule has 0 saturated carbocycles. The van der Waals surface area contributed by atoms with Crippen LogP contribution in [0.2, 0.25) is 0 Å². The molecule has 2 aromatic rings. The molecule has 0 saturated heterocycles. The monoisotopic (exact) mass is 415 g/mol. The standard InChI is InChI=1S/C23H23F2NO4/c1-7-14(9-15(8-2)13(3)4)11-26-12-17(23(28)30-6)21(27)16-10-18(24)19(25)22(29-5)20(16)26/h7-10,12H,2-3,11H2,1,4-6H3/b14-7?,15-9-.